The van der Waals surface area contributed by atoms with E-state index < -0.39 is 12.1 Å². The molecule has 0 N–H and O–H groups in total. The minimum absolute atomic E-state index is 0.234. The summed E-state index contributed by atoms with van der Waals surface area (Å²) >= 11 is 0. The van der Waals surface area contributed by atoms with Gasteiger partial charge in [0.15, 0.2) is 6.10 Å². The number of carbonyl (C=O) groups is 2. The van der Waals surface area contributed by atoms with Crippen molar-refractivity contribution in [2.45, 2.75) is 46.6 Å². The zero-order valence-corrected chi connectivity index (χ0v) is 9.91. The first-order chi connectivity index (χ1) is 7.01. The lowest BCUT2D eigenvalue weighted by molar-refractivity contribution is -0.168. The molecule has 0 aliphatic rings. The summed E-state index contributed by atoms with van der Waals surface area (Å²) in [6, 6.07) is 0. The molecule has 0 aliphatic carbocycles. The molecule has 0 amide bonds. The fourth-order valence-electron chi connectivity index (χ4n) is 1.07. The summed E-state index contributed by atoms with van der Waals surface area (Å²) in [6.07, 6.45) is 0.0228. The molecule has 1 unspecified atom stereocenters. The minimum Gasteiger partial charge on any atom is -0.463 e. The SMILES string of the molecule is CCOC(=O)C(CC)OC(=O)CC(C)C. The van der Waals surface area contributed by atoms with Crippen LogP contribution in [0, 0.1) is 5.92 Å². The van der Waals surface area contributed by atoms with E-state index in [4.69, 9.17) is 9.47 Å². The van der Waals surface area contributed by atoms with Crippen LogP contribution in [0.2, 0.25) is 0 Å². The van der Waals surface area contributed by atoms with Gasteiger partial charge >= 0.3 is 11.9 Å². The van der Waals surface area contributed by atoms with Crippen molar-refractivity contribution in [1.82, 2.24) is 0 Å². The number of ether oxygens (including phenoxy) is 2. The molecule has 0 heterocycles. The van der Waals surface area contributed by atoms with Crippen molar-refractivity contribution in [2.75, 3.05) is 6.61 Å². The number of rotatable bonds is 6. The highest BCUT2D eigenvalue weighted by molar-refractivity contribution is 5.79. The Hall–Kier alpha value is -1.06. The summed E-state index contributed by atoms with van der Waals surface area (Å²) in [4.78, 5) is 22.6. The number of carbonyl (C=O) groups excluding carboxylic acids is 2. The predicted octanol–water partition coefficient (Wildman–Crippen LogP) is 1.92. The molecule has 0 fully saturated rings. The Kier molecular flexibility index (Phi) is 6.75. The Morgan fingerprint density at radius 3 is 2.20 bits per heavy atom. The summed E-state index contributed by atoms with van der Waals surface area (Å²) in [5.41, 5.74) is 0. The standard InChI is InChI=1S/C11H20O4/c1-5-9(11(13)14-6-2)15-10(12)7-8(3)4/h8-9H,5-7H2,1-4H3. The summed E-state index contributed by atoms with van der Waals surface area (Å²) in [6.45, 7) is 7.65. The Bertz CT molecular complexity index is 211. The van der Waals surface area contributed by atoms with Gasteiger partial charge in [0.2, 0.25) is 0 Å². The Labute approximate surface area is 90.9 Å². The fourth-order valence-corrected chi connectivity index (χ4v) is 1.07. The fraction of sp³-hybridized carbons (Fsp3) is 0.818. The molecular weight excluding hydrogens is 196 g/mol. The highest BCUT2D eigenvalue weighted by Gasteiger charge is 2.22. The highest BCUT2D eigenvalue weighted by atomic mass is 16.6. The normalized spacial score (nSPS) is 12.3. The van der Waals surface area contributed by atoms with Gasteiger partial charge in [-0.05, 0) is 19.3 Å². The molecule has 4 heteroatoms. The second kappa shape index (κ2) is 7.26. The van der Waals surface area contributed by atoms with Crippen molar-refractivity contribution in [1.29, 1.82) is 0 Å². The molecule has 4 nitrogen and oxygen atoms in total. The van der Waals surface area contributed by atoms with Crippen molar-refractivity contribution >= 4 is 11.9 Å². The monoisotopic (exact) mass is 216 g/mol. The van der Waals surface area contributed by atoms with Crippen LogP contribution in [-0.2, 0) is 19.1 Å². The van der Waals surface area contributed by atoms with E-state index in [-0.39, 0.29) is 11.9 Å². The van der Waals surface area contributed by atoms with Crippen LogP contribution in [0.1, 0.15) is 40.5 Å². The topological polar surface area (TPSA) is 52.6 Å². The van der Waals surface area contributed by atoms with Gasteiger partial charge in [-0.15, -0.1) is 0 Å². The third-order valence-electron chi connectivity index (χ3n) is 1.77. The molecule has 0 aromatic carbocycles. The number of esters is 2. The molecule has 88 valence electrons. The molecule has 0 spiro atoms. The van der Waals surface area contributed by atoms with E-state index in [2.05, 4.69) is 0 Å². The summed E-state index contributed by atoms with van der Waals surface area (Å²) < 4.78 is 9.80. The van der Waals surface area contributed by atoms with Gasteiger partial charge in [0.05, 0.1) is 6.61 Å². The van der Waals surface area contributed by atoms with E-state index >= 15 is 0 Å². The first kappa shape index (κ1) is 13.9. The van der Waals surface area contributed by atoms with Crippen LogP contribution in [0.25, 0.3) is 0 Å². The van der Waals surface area contributed by atoms with E-state index in [0.717, 1.165) is 0 Å². The zero-order valence-electron chi connectivity index (χ0n) is 9.91. The van der Waals surface area contributed by atoms with Gasteiger partial charge in [0.1, 0.15) is 0 Å². The maximum absolute atomic E-state index is 11.3. The molecular formula is C11H20O4. The molecule has 0 saturated carbocycles. The van der Waals surface area contributed by atoms with Gasteiger partial charge in [-0.25, -0.2) is 4.79 Å². The second-order valence-electron chi connectivity index (χ2n) is 3.74. The average molecular weight is 216 g/mol. The van der Waals surface area contributed by atoms with Crippen LogP contribution >= 0.6 is 0 Å². The van der Waals surface area contributed by atoms with Gasteiger partial charge in [-0.1, -0.05) is 20.8 Å². The largest absolute Gasteiger partial charge is 0.463 e. The van der Waals surface area contributed by atoms with E-state index in [0.29, 0.717) is 19.4 Å². The molecule has 0 aliphatic heterocycles. The first-order valence-electron chi connectivity index (χ1n) is 5.37. The first-order valence-corrected chi connectivity index (χ1v) is 5.37. The smallest absolute Gasteiger partial charge is 0.347 e. The number of hydrogen-bond donors (Lipinski definition) is 0. The van der Waals surface area contributed by atoms with Crippen LogP contribution in [0.3, 0.4) is 0 Å². The molecule has 0 aromatic heterocycles. The van der Waals surface area contributed by atoms with Crippen molar-refractivity contribution in [3.63, 3.8) is 0 Å². The lowest BCUT2D eigenvalue weighted by Gasteiger charge is -2.15. The highest BCUT2D eigenvalue weighted by Crippen LogP contribution is 2.07. The molecule has 15 heavy (non-hydrogen) atoms. The maximum Gasteiger partial charge on any atom is 0.347 e. The molecule has 0 radical (unpaired) electrons. The third-order valence-corrected chi connectivity index (χ3v) is 1.77. The van der Waals surface area contributed by atoms with Gasteiger partial charge in [-0.2, -0.15) is 0 Å². The van der Waals surface area contributed by atoms with Crippen LogP contribution in [-0.4, -0.2) is 24.6 Å². The van der Waals surface area contributed by atoms with E-state index in [1.54, 1.807) is 13.8 Å². The van der Waals surface area contributed by atoms with Gasteiger partial charge in [-0.3, -0.25) is 4.79 Å². The van der Waals surface area contributed by atoms with Gasteiger partial charge in [0, 0.05) is 6.42 Å². The quantitative estimate of drug-likeness (QED) is 0.636. The third kappa shape index (κ3) is 6.10. The lowest BCUT2D eigenvalue weighted by Crippen LogP contribution is -2.29. The minimum atomic E-state index is -0.754. The molecule has 0 rings (SSSR count). The van der Waals surface area contributed by atoms with Crippen molar-refractivity contribution < 1.29 is 19.1 Å². The predicted molar refractivity (Wildman–Crippen MR) is 56.3 cm³/mol. The van der Waals surface area contributed by atoms with Crippen LogP contribution < -0.4 is 0 Å². The molecule has 0 bridgehead atoms. The average Bonchev–Trinajstić information content (AvgIpc) is 2.13. The zero-order chi connectivity index (χ0) is 11.8. The molecule has 0 saturated heterocycles. The van der Waals surface area contributed by atoms with E-state index in [9.17, 15) is 9.59 Å². The van der Waals surface area contributed by atoms with Gasteiger partial charge in [0.25, 0.3) is 0 Å². The van der Waals surface area contributed by atoms with Gasteiger partial charge < -0.3 is 9.47 Å². The van der Waals surface area contributed by atoms with Crippen molar-refractivity contribution in [3.8, 4) is 0 Å². The van der Waals surface area contributed by atoms with E-state index in [1.807, 2.05) is 13.8 Å². The van der Waals surface area contributed by atoms with Crippen LogP contribution in [0.5, 0.6) is 0 Å². The second-order valence-corrected chi connectivity index (χ2v) is 3.74. The molecule has 0 aromatic rings. The summed E-state index contributed by atoms with van der Waals surface area (Å²) in [5.74, 6) is -0.570. The number of hydrogen-bond acceptors (Lipinski definition) is 4. The van der Waals surface area contributed by atoms with E-state index in [1.165, 1.54) is 0 Å². The summed E-state index contributed by atoms with van der Waals surface area (Å²) in [7, 11) is 0. The van der Waals surface area contributed by atoms with Crippen molar-refractivity contribution in [2.24, 2.45) is 5.92 Å². The van der Waals surface area contributed by atoms with Crippen LogP contribution in [0.4, 0.5) is 0 Å². The maximum atomic E-state index is 11.3. The molecule has 1 atom stereocenters. The summed E-state index contributed by atoms with van der Waals surface area (Å²) in [5, 5.41) is 0. The van der Waals surface area contributed by atoms with Crippen LogP contribution in [0.15, 0.2) is 0 Å². The lowest BCUT2D eigenvalue weighted by atomic mass is 10.1. The van der Waals surface area contributed by atoms with Crippen molar-refractivity contribution in [3.05, 3.63) is 0 Å². The Morgan fingerprint density at radius 1 is 1.20 bits per heavy atom. The Balaban J connectivity index is 4.08. The Morgan fingerprint density at radius 2 is 1.80 bits per heavy atom.